The SMILES string of the molecule is CC(C)C1C=CC([C@H]2C[C@H]3CSC(N)=N[C@@]3(c3ccc(F)cc3F)CO2)=N1.Cn1cc([C@H]2C[C@H]3CSC(N)=N[C@@]3(c3ccc(F)cc3F)CO2)cn1.Cn1ccc([C@H]2C[C@H]3CSC(N)=N[C@@]3(c3ccc(F)cc3F)CO2)n1.Cn1cccc1[C@H]1C[C@H]2CSC(N)=N[C@@]2(c2ccc(F)cc2F)CO1.NC1=N[C@@]2(c3ccc(F)cc3F)CO[C@@H](c3ccn(C4CC4)n3)C[C@H]2CS1. The summed E-state index contributed by atoms with van der Waals surface area (Å²) < 4.78 is 178. The number of amidine groups is 5. The minimum absolute atomic E-state index is 0.0190. The molecule has 9 aromatic rings. The van der Waals surface area contributed by atoms with Crippen LogP contribution in [0.5, 0.6) is 0 Å². The second-order valence-corrected chi connectivity index (χ2v) is 39.9. The summed E-state index contributed by atoms with van der Waals surface area (Å²) in [6, 6.07) is 26.7. The van der Waals surface area contributed by atoms with Crippen molar-refractivity contribution in [2.24, 2.45) is 115 Å². The Morgan fingerprint density at radius 2 is 0.752 bits per heavy atom. The maximum Gasteiger partial charge on any atom is 0.154 e. The first kappa shape index (κ1) is 91.5. The third-order valence-electron chi connectivity index (χ3n) is 26.2. The first-order valence-corrected chi connectivity index (χ1v) is 47.5. The predicted octanol–water partition coefficient (Wildman–Crippen LogP) is 16.0. The van der Waals surface area contributed by atoms with Crippen LogP contribution in [-0.4, -0.2) is 139 Å². The molecule has 1 aliphatic carbocycles. The Labute approximate surface area is 760 Å². The van der Waals surface area contributed by atoms with Crippen LogP contribution < -0.4 is 28.7 Å². The average molecular weight is 1870 g/mol. The lowest BCUT2D eigenvalue weighted by Gasteiger charge is -2.46. The van der Waals surface area contributed by atoms with E-state index in [-0.39, 0.29) is 99.2 Å². The van der Waals surface area contributed by atoms with Crippen LogP contribution in [0.2, 0.25) is 0 Å². The van der Waals surface area contributed by atoms with E-state index in [0.717, 1.165) is 75.9 Å². The second-order valence-electron chi connectivity index (χ2n) is 34.7. The van der Waals surface area contributed by atoms with Crippen molar-refractivity contribution >= 4 is 90.4 Å². The van der Waals surface area contributed by atoms with Crippen LogP contribution in [0.3, 0.4) is 0 Å². The normalized spacial score (nSPS) is 30.3. The molecule has 1 unspecified atom stereocenters. The number of thioether (sulfide) groups is 5. The molecule has 0 amide bonds. The molecule has 10 N–H and O–H groups in total. The van der Waals surface area contributed by atoms with Gasteiger partial charge >= 0.3 is 0 Å². The molecule has 16 atom stereocenters. The fourth-order valence-corrected chi connectivity index (χ4v) is 24.3. The van der Waals surface area contributed by atoms with Gasteiger partial charge in [-0.3, -0.25) is 19.0 Å². The first-order valence-electron chi connectivity index (χ1n) is 42.6. The summed E-state index contributed by atoms with van der Waals surface area (Å²) in [6.07, 6.45) is 18.8. The van der Waals surface area contributed by atoms with Crippen molar-refractivity contribution in [2.75, 3.05) is 61.8 Å². The molecule has 682 valence electrons. The highest BCUT2D eigenvalue weighted by atomic mass is 32.2. The Morgan fingerprint density at radius 1 is 0.403 bits per heavy atom. The van der Waals surface area contributed by atoms with Gasteiger partial charge in [-0.05, 0) is 112 Å². The van der Waals surface area contributed by atoms with Crippen molar-refractivity contribution in [3.63, 3.8) is 0 Å². The molecule has 0 spiro atoms. The van der Waals surface area contributed by atoms with E-state index in [1.54, 1.807) is 15.6 Å². The highest BCUT2D eigenvalue weighted by molar-refractivity contribution is 8.14. The van der Waals surface area contributed by atoms with Crippen molar-refractivity contribution in [2.45, 2.75) is 129 Å². The van der Waals surface area contributed by atoms with Crippen LogP contribution in [0.15, 0.2) is 188 Å². The van der Waals surface area contributed by atoms with E-state index in [4.69, 9.17) is 57.3 Å². The summed E-state index contributed by atoms with van der Waals surface area (Å²) in [5.74, 6) is -1.90. The number of hydrogen-bond donors (Lipinski definition) is 5. The number of aryl methyl sites for hydroxylation is 3. The Bertz CT molecular complexity index is 5750. The fourth-order valence-electron chi connectivity index (χ4n) is 19.2. The van der Waals surface area contributed by atoms with E-state index in [2.05, 4.69) is 60.2 Å². The van der Waals surface area contributed by atoms with E-state index >= 15 is 0 Å². The number of halogens is 10. The fraction of sp³-hybridized carbons (Fsp3) is 0.440. The number of aromatic nitrogens is 7. The molecule has 129 heavy (non-hydrogen) atoms. The minimum Gasteiger partial charge on any atom is -0.379 e. The number of benzene rings is 5. The molecule has 12 aliphatic rings. The topological polar surface area (TPSA) is 309 Å². The van der Waals surface area contributed by atoms with E-state index in [1.165, 1.54) is 132 Å². The molecule has 0 bridgehead atoms. The molecule has 6 fully saturated rings. The Morgan fingerprint density at radius 3 is 1.09 bits per heavy atom. The van der Waals surface area contributed by atoms with E-state index in [0.29, 0.717) is 109 Å². The van der Waals surface area contributed by atoms with Crippen molar-refractivity contribution in [1.82, 2.24) is 33.9 Å². The molecular weight excluding hydrogens is 1780 g/mol. The lowest BCUT2D eigenvalue weighted by atomic mass is 9.74. The zero-order valence-electron chi connectivity index (χ0n) is 71.1. The number of aliphatic imine (C=N–C) groups is 6. The van der Waals surface area contributed by atoms with Gasteiger partial charge in [-0.15, -0.1) is 0 Å². The average Bonchev–Trinajstić information content (AvgIpc) is 1.69. The zero-order valence-corrected chi connectivity index (χ0v) is 75.2. The van der Waals surface area contributed by atoms with E-state index < -0.39 is 85.9 Å². The maximum absolute atomic E-state index is 14.6. The van der Waals surface area contributed by atoms with Crippen LogP contribution >= 0.6 is 58.8 Å². The highest BCUT2D eigenvalue weighted by Crippen LogP contribution is 2.56. The quantitative estimate of drug-likeness (QED) is 0.0710. The van der Waals surface area contributed by atoms with Crippen LogP contribution in [0.1, 0.15) is 140 Å². The summed E-state index contributed by atoms with van der Waals surface area (Å²) in [5.41, 5.74) is 31.7. The van der Waals surface area contributed by atoms with Gasteiger partial charge in [-0.25, -0.2) is 68.9 Å². The van der Waals surface area contributed by atoms with Crippen LogP contribution in [-0.2, 0) is 72.5 Å². The summed E-state index contributed by atoms with van der Waals surface area (Å²) >= 11 is 7.35. The molecule has 0 radical (unpaired) electrons. The number of nitrogens with zero attached hydrogens (tertiary/aromatic N) is 13. The second kappa shape index (κ2) is 37.7. The van der Waals surface area contributed by atoms with Crippen molar-refractivity contribution in [3.05, 3.63) is 267 Å². The Kier molecular flexibility index (Phi) is 26.7. The largest absolute Gasteiger partial charge is 0.379 e. The molecule has 15 heterocycles. The number of hydrogen-bond acceptors (Lipinski definition) is 24. The molecule has 5 saturated heterocycles. The van der Waals surface area contributed by atoms with Gasteiger partial charge in [0.25, 0.3) is 0 Å². The van der Waals surface area contributed by atoms with Gasteiger partial charge in [0.05, 0.1) is 86.7 Å². The monoisotopic (exact) mass is 1870 g/mol. The molecule has 4 aromatic heterocycles. The Balaban J connectivity index is 0.000000113. The van der Waals surface area contributed by atoms with Gasteiger partial charge in [-0.1, -0.05) is 109 Å². The van der Waals surface area contributed by atoms with Gasteiger partial charge in [0.1, 0.15) is 98.1 Å². The molecule has 1 saturated carbocycles. The van der Waals surface area contributed by atoms with Crippen molar-refractivity contribution in [3.8, 4) is 0 Å². The molecule has 11 aliphatic heterocycles. The number of fused-ring (bicyclic) bond motifs is 5. The maximum atomic E-state index is 14.6. The minimum atomic E-state index is -0.918. The standard InChI is InChI=1S/C20H23F2N3OS.C19H20F2N4OS.C18H19F2N3OS.2C17H18F2N4OS/c1-11(2)16-5-6-17(24-16)18-7-12-9-27-19(23)25-20(12,10-26-18)14-4-3-13(21)8-15(14)22;20-12-1-4-14(15(21)8-12)19-10-26-17(7-11(19)9-27-18(22)23-19)16-5-6-25(24-16)13-2-3-13;1-23-6-2-3-15(23)16-7-11-9-25-17(21)22-18(11,10-24-16)13-5-4-12(19)8-14(13)20;1-23-7-10(6-21-23)15-4-11-8-25-16(20)22-17(11,9-24-15)13-3-2-12(18)5-14(13)19;1-23-5-4-14(22-23)15-6-10-8-25-16(20)21-17(10,9-24-15)12-3-2-11(18)7-13(12)19/h3-6,8,11-12,16,18H,7,9-10H2,1-2H3,(H2,23,25);1,4-6,8,11,13,17H,2-3,7,9-10H2,(H2,22,23);2-6,8,11,16H,7,9-10H2,1H3,(H2,21,22);2-3,5-7,11,15H,4,8-9H2,1H3,(H2,20,22);2-5,7,10,15H,6,8-9H2,1H3,(H2,20,21)/t12-,16?,18+,20-;11-,17+,19-;11-,16+,18-;11-,15+,17-;10-,15+,17-/m00000/s1. The van der Waals surface area contributed by atoms with Gasteiger partial charge in [0.15, 0.2) is 25.8 Å². The van der Waals surface area contributed by atoms with Gasteiger partial charge in [0, 0.05) is 174 Å². The Hall–Kier alpha value is -9.38. The van der Waals surface area contributed by atoms with E-state index in [9.17, 15) is 43.9 Å². The lowest BCUT2D eigenvalue weighted by molar-refractivity contribution is -0.0617. The first-order chi connectivity index (χ1) is 61.9. The van der Waals surface area contributed by atoms with Crippen molar-refractivity contribution in [1.29, 1.82) is 0 Å². The zero-order chi connectivity index (χ0) is 90.6. The molecule has 21 rings (SSSR count). The number of rotatable bonds is 12. The summed E-state index contributed by atoms with van der Waals surface area (Å²) in [7, 11) is 5.68. The molecule has 38 heteroatoms. The number of ether oxygens (including phenoxy) is 5. The van der Waals surface area contributed by atoms with Crippen LogP contribution in [0.4, 0.5) is 43.9 Å². The van der Waals surface area contributed by atoms with Crippen LogP contribution in [0, 0.1) is 93.7 Å². The summed E-state index contributed by atoms with van der Waals surface area (Å²) in [5, 5.41) is 15.3. The predicted molar refractivity (Wildman–Crippen MR) is 483 cm³/mol. The molecule has 23 nitrogen and oxygen atoms in total. The third-order valence-corrected chi connectivity index (χ3v) is 31.0. The van der Waals surface area contributed by atoms with Crippen molar-refractivity contribution < 1.29 is 67.6 Å². The third kappa shape index (κ3) is 18.8. The highest BCUT2D eigenvalue weighted by Gasteiger charge is 2.56. The molecular formula is C91H98F10N18O5S5. The molecule has 5 aromatic carbocycles. The lowest BCUT2D eigenvalue weighted by Crippen LogP contribution is -2.51. The smallest absolute Gasteiger partial charge is 0.154 e. The number of nitrogens with two attached hydrogens (primary N) is 5. The van der Waals surface area contributed by atoms with E-state index in [1.807, 2.05) is 85.5 Å². The van der Waals surface area contributed by atoms with Gasteiger partial charge in [0.2, 0.25) is 0 Å². The van der Waals surface area contributed by atoms with Crippen LogP contribution in [0.25, 0.3) is 0 Å². The summed E-state index contributed by atoms with van der Waals surface area (Å²) in [4.78, 5) is 27.8. The summed E-state index contributed by atoms with van der Waals surface area (Å²) in [6.45, 7) is 5.27. The van der Waals surface area contributed by atoms with Gasteiger partial charge in [-0.2, -0.15) is 15.3 Å². The van der Waals surface area contributed by atoms with Gasteiger partial charge < -0.3 is 56.9 Å².